The molecule has 1 aliphatic carbocycles. The molecule has 0 saturated heterocycles. The minimum absolute atomic E-state index is 0.186. The van der Waals surface area contributed by atoms with Crippen molar-refractivity contribution >= 4 is 9.84 Å². The van der Waals surface area contributed by atoms with Gasteiger partial charge in [0.25, 0.3) is 0 Å². The molecule has 0 bridgehead atoms. The number of sulfone groups is 1. The third-order valence-corrected chi connectivity index (χ3v) is 6.14. The van der Waals surface area contributed by atoms with E-state index in [2.05, 4.69) is 13.0 Å². The summed E-state index contributed by atoms with van der Waals surface area (Å²) in [5, 5.41) is 9.38. The highest BCUT2D eigenvalue weighted by Crippen LogP contribution is 2.42. The largest absolute Gasteiger partial charge is 0.229 e. The quantitative estimate of drug-likeness (QED) is 0.744. The van der Waals surface area contributed by atoms with E-state index in [0.29, 0.717) is 12.8 Å². The zero-order valence-corrected chi connectivity index (χ0v) is 12.4. The second-order valence-corrected chi connectivity index (χ2v) is 7.95. The predicted octanol–water partition coefficient (Wildman–Crippen LogP) is 3.31. The molecule has 0 aliphatic heterocycles. The van der Waals surface area contributed by atoms with E-state index in [0.717, 1.165) is 31.6 Å². The first-order valence-electron chi connectivity index (χ1n) is 7.08. The van der Waals surface area contributed by atoms with Gasteiger partial charge >= 0.3 is 0 Å². The maximum absolute atomic E-state index is 11.7. The van der Waals surface area contributed by atoms with Crippen LogP contribution in [0, 0.1) is 22.7 Å². The minimum Gasteiger partial charge on any atom is -0.229 e. The average molecular weight is 271 g/mol. The van der Waals surface area contributed by atoms with Crippen LogP contribution in [0.3, 0.4) is 0 Å². The maximum Gasteiger partial charge on any atom is 0.150 e. The van der Waals surface area contributed by atoms with Crippen LogP contribution in [0.1, 0.15) is 58.8 Å². The second-order valence-electron chi connectivity index (χ2n) is 5.65. The molecule has 1 saturated carbocycles. The van der Waals surface area contributed by atoms with Crippen LogP contribution >= 0.6 is 0 Å². The van der Waals surface area contributed by atoms with Crippen molar-refractivity contribution in [2.75, 3.05) is 11.5 Å². The molecule has 104 valence electrons. The molecule has 0 aromatic rings. The fourth-order valence-electron chi connectivity index (χ4n) is 2.82. The minimum atomic E-state index is -2.95. The summed E-state index contributed by atoms with van der Waals surface area (Å²) in [5.74, 6) is 1.18. The summed E-state index contributed by atoms with van der Waals surface area (Å²) in [7, 11) is -2.95. The van der Waals surface area contributed by atoms with E-state index < -0.39 is 9.84 Å². The van der Waals surface area contributed by atoms with Crippen LogP contribution in [0.15, 0.2) is 0 Å². The molecule has 1 fully saturated rings. The topological polar surface area (TPSA) is 57.9 Å². The van der Waals surface area contributed by atoms with E-state index in [9.17, 15) is 13.7 Å². The Balaban J connectivity index is 2.56. The van der Waals surface area contributed by atoms with Gasteiger partial charge in [-0.1, -0.05) is 20.3 Å². The molecule has 0 atom stereocenters. The molecule has 0 unspecified atom stereocenters. The van der Waals surface area contributed by atoms with Crippen LogP contribution in [0.2, 0.25) is 0 Å². The third kappa shape index (κ3) is 4.28. The Morgan fingerprint density at radius 2 is 1.83 bits per heavy atom. The first kappa shape index (κ1) is 15.5. The summed E-state index contributed by atoms with van der Waals surface area (Å²) in [6.45, 7) is 4.07. The van der Waals surface area contributed by atoms with Gasteiger partial charge in [0, 0.05) is 5.75 Å². The lowest BCUT2D eigenvalue weighted by molar-refractivity contribution is 0.201. The SMILES string of the molecule is CCCS(=O)(=O)CCC1(C#N)CCC(CC)CC1. The number of nitrogens with zero attached hydrogens (tertiary/aromatic N) is 1. The van der Waals surface area contributed by atoms with Gasteiger partial charge in [-0.25, -0.2) is 8.42 Å². The first-order chi connectivity index (χ1) is 8.47. The molecule has 18 heavy (non-hydrogen) atoms. The Morgan fingerprint density at radius 1 is 1.22 bits per heavy atom. The molecule has 0 radical (unpaired) electrons. The van der Waals surface area contributed by atoms with Crippen LogP contribution in [-0.2, 0) is 9.84 Å². The van der Waals surface area contributed by atoms with Gasteiger partial charge in [-0.2, -0.15) is 5.26 Å². The van der Waals surface area contributed by atoms with Crippen molar-refractivity contribution in [3.8, 4) is 6.07 Å². The Bertz CT molecular complexity index is 387. The smallest absolute Gasteiger partial charge is 0.150 e. The number of hydrogen-bond donors (Lipinski definition) is 0. The maximum atomic E-state index is 11.7. The summed E-state index contributed by atoms with van der Waals surface area (Å²) < 4.78 is 23.5. The molecule has 4 heteroatoms. The normalized spacial score (nSPS) is 28.8. The Kier molecular flexibility index (Phi) is 5.65. The van der Waals surface area contributed by atoms with Gasteiger partial charge in [0.2, 0.25) is 0 Å². The highest BCUT2D eigenvalue weighted by molar-refractivity contribution is 7.91. The van der Waals surface area contributed by atoms with Crippen molar-refractivity contribution in [1.82, 2.24) is 0 Å². The molecule has 1 aliphatic rings. The highest BCUT2D eigenvalue weighted by atomic mass is 32.2. The van der Waals surface area contributed by atoms with Gasteiger partial charge in [-0.3, -0.25) is 0 Å². The van der Waals surface area contributed by atoms with Gasteiger partial charge in [-0.15, -0.1) is 0 Å². The lowest BCUT2D eigenvalue weighted by Crippen LogP contribution is -2.29. The zero-order chi connectivity index (χ0) is 13.6. The molecular formula is C14H25NO2S. The summed E-state index contributed by atoms with van der Waals surface area (Å²) in [4.78, 5) is 0. The van der Waals surface area contributed by atoms with Crippen LogP contribution in [0.4, 0.5) is 0 Å². The molecule has 0 aromatic carbocycles. The summed E-state index contributed by atoms with van der Waals surface area (Å²) in [6, 6.07) is 2.41. The number of nitriles is 1. The Morgan fingerprint density at radius 3 is 2.28 bits per heavy atom. The summed E-state index contributed by atoms with van der Waals surface area (Å²) in [5.41, 5.74) is -0.369. The van der Waals surface area contributed by atoms with Crippen molar-refractivity contribution in [2.24, 2.45) is 11.3 Å². The molecule has 3 nitrogen and oxygen atoms in total. The average Bonchev–Trinajstić information content (AvgIpc) is 2.37. The van der Waals surface area contributed by atoms with Gasteiger partial charge in [0.1, 0.15) is 9.84 Å². The van der Waals surface area contributed by atoms with Crippen LogP contribution in [0.5, 0.6) is 0 Å². The van der Waals surface area contributed by atoms with E-state index >= 15 is 0 Å². The van der Waals surface area contributed by atoms with Crippen molar-refractivity contribution < 1.29 is 8.42 Å². The van der Waals surface area contributed by atoms with E-state index in [1.807, 2.05) is 6.92 Å². The molecule has 0 heterocycles. The van der Waals surface area contributed by atoms with Gasteiger partial charge in [0.05, 0.1) is 17.2 Å². The number of rotatable bonds is 6. The van der Waals surface area contributed by atoms with Crippen molar-refractivity contribution in [3.63, 3.8) is 0 Å². The highest BCUT2D eigenvalue weighted by Gasteiger charge is 2.35. The molecule has 1 rings (SSSR count). The van der Waals surface area contributed by atoms with Crippen LogP contribution in [0.25, 0.3) is 0 Å². The lowest BCUT2D eigenvalue weighted by atomic mass is 9.69. The lowest BCUT2D eigenvalue weighted by Gasteiger charge is -2.34. The van der Waals surface area contributed by atoms with Gasteiger partial charge in [0.15, 0.2) is 0 Å². The van der Waals surface area contributed by atoms with Crippen molar-refractivity contribution in [3.05, 3.63) is 0 Å². The summed E-state index contributed by atoms with van der Waals surface area (Å²) in [6.07, 6.45) is 6.29. The van der Waals surface area contributed by atoms with E-state index in [4.69, 9.17) is 0 Å². The van der Waals surface area contributed by atoms with Crippen molar-refractivity contribution in [1.29, 1.82) is 5.26 Å². The Labute approximate surface area is 111 Å². The molecular weight excluding hydrogens is 246 g/mol. The monoisotopic (exact) mass is 271 g/mol. The fourth-order valence-corrected chi connectivity index (χ4v) is 4.35. The van der Waals surface area contributed by atoms with Gasteiger partial charge in [-0.05, 0) is 44.4 Å². The number of hydrogen-bond acceptors (Lipinski definition) is 3. The van der Waals surface area contributed by atoms with E-state index in [1.165, 1.54) is 6.42 Å². The molecule has 0 amide bonds. The van der Waals surface area contributed by atoms with Crippen LogP contribution < -0.4 is 0 Å². The van der Waals surface area contributed by atoms with Gasteiger partial charge < -0.3 is 0 Å². The predicted molar refractivity (Wildman–Crippen MR) is 73.9 cm³/mol. The van der Waals surface area contributed by atoms with E-state index in [1.54, 1.807) is 0 Å². The molecule has 0 spiro atoms. The molecule has 0 N–H and O–H groups in total. The van der Waals surface area contributed by atoms with Crippen LogP contribution in [-0.4, -0.2) is 19.9 Å². The summed E-state index contributed by atoms with van der Waals surface area (Å²) >= 11 is 0. The Hall–Kier alpha value is -0.560. The van der Waals surface area contributed by atoms with Crippen molar-refractivity contribution in [2.45, 2.75) is 58.8 Å². The standard InChI is InChI=1S/C14H25NO2S/c1-3-10-18(16,17)11-9-14(12-15)7-5-13(4-2)6-8-14/h13H,3-11H2,1-2H3. The molecule has 0 aromatic heterocycles. The fraction of sp³-hybridized carbons (Fsp3) is 0.929. The zero-order valence-electron chi connectivity index (χ0n) is 11.6. The second kappa shape index (κ2) is 6.56. The first-order valence-corrected chi connectivity index (χ1v) is 8.91. The van der Waals surface area contributed by atoms with E-state index in [-0.39, 0.29) is 16.9 Å². The third-order valence-electron chi connectivity index (χ3n) is 4.28.